The monoisotopic (exact) mass is 299 g/mol. The minimum absolute atomic E-state index is 0.00340. The summed E-state index contributed by atoms with van der Waals surface area (Å²) in [6, 6.07) is 0. The van der Waals surface area contributed by atoms with Gasteiger partial charge >= 0.3 is 0 Å². The predicted molar refractivity (Wildman–Crippen MR) is 62.2 cm³/mol. The second-order valence-electron chi connectivity index (χ2n) is 2.74. The van der Waals surface area contributed by atoms with Crippen LogP contribution in [-0.4, -0.2) is 30.1 Å². The van der Waals surface area contributed by atoms with E-state index in [9.17, 15) is 4.79 Å². The topological polar surface area (TPSA) is 38.3 Å². The van der Waals surface area contributed by atoms with E-state index in [0.29, 0.717) is 6.61 Å². The summed E-state index contributed by atoms with van der Waals surface area (Å²) in [4.78, 5) is 11.0. The smallest absolute Gasteiger partial charge is 0.245 e. The molecule has 0 aromatic rings. The minimum atomic E-state index is -0.00340. The first-order valence-electron chi connectivity index (χ1n) is 4.71. The van der Waals surface area contributed by atoms with Gasteiger partial charge in [-0.2, -0.15) is 0 Å². The maximum absolute atomic E-state index is 11.0. The summed E-state index contributed by atoms with van der Waals surface area (Å²) in [5.41, 5.74) is 0. The fraction of sp³-hybridized carbons (Fsp3) is 0.889. The van der Waals surface area contributed by atoms with Crippen molar-refractivity contribution >= 4 is 28.5 Å². The summed E-state index contributed by atoms with van der Waals surface area (Å²) in [7, 11) is 0. The van der Waals surface area contributed by atoms with Crippen LogP contribution in [0.5, 0.6) is 0 Å². The fourth-order valence-corrected chi connectivity index (χ4v) is 1.41. The Labute approximate surface area is 93.7 Å². The van der Waals surface area contributed by atoms with Crippen molar-refractivity contribution in [3.63, 3.8) is 0 Å². The molecule has 0 spiro atoms. The van der Waals surface area contributed by atoms with Gasteiger partial charge < -0.3 is 10.1 Å². The number of carbonyl (C=O) groups excluding carboxylic acids is 1. The summed E-state index contributed by atoms with van der Waals surface area (Å²) in [5.74, 6) is -0.00340. The molecule has 0 saturated carbocycles. The first-order valence-corrected chi connectivity index (χ1v) is 6.24. The number of unbranched alkanes of at least 4 members (excludes halogenated alkanes) is 2. The maximum atomic E-state index is 11.0. The van der Waals surface area contributed by atoms with Gasteiger partial charge in [-0.1, -0.05) is 29.0 Å². The largest absolute Gasteiger partial charge is 0.372 e. The first-order chi connectivity index (χ1) is 6.31. The highest BCUT2D eigenvalue weighted by atomic mass is 127. The van der Waals surface area contributed by atoms with E-state index in [1.54, 1.807) is 0 Å². The molecule has 13 heavy (non-hydrogen) atoms. The van der Waals surface area contributed by atoms with Crippen molar-refractivity contribution in [1.29, 1.82) is 0 Å². The van der Waals surface area contributed by atoms with Gasteiger partial charge in [0.25, 0.3) is 0 Å². The Morgan fingerprint density at radius 3 is 2.77 bits per heavy atom. The van der Waals surface area contributed by atoms with Crippen LogP contribution in [0.4, 0.5) is 0 Å². The van der Waals surface area contributed by atoms with Crippen molar-refractivity contribution in [3.8, 4) is 0 Å². The molecular formula is C9H18INO2. The normalized spacial score (nSPS) is 10.0. The van der Waals surface area contributed by atoms with Crippen LogP contribution in [0.2, 0.25) is 0 Å². The van der Waals surface area contributed by atoms with E-state index in [4.69, 9.17) is 4.74 Å². The van der Waals surface area contributed by atoms with Gasteiger partial charge in [0.2, 0.25) is 5.91 Å². The molecule has 78 valence electrons. The molecule has 1 amide bonds. The van der Waals surface area contributed by atoms with E-state index in [1.165, 1.54) is 17.3 Å². The lowest BCUT2D eigenvalue weighted by molar-refractivity contribution is -0.125. The van der Waals surface area contributed by atoms with Crippen molar-refractivity contribution in [2.45, 2.75) is 26.2 Å². The van der Waals surface area contributed by atoms with Crippen LogP contribution in [0.25, 0.3) is 0 Å². The molecule has 0 heterocycles. The molecule has 0 aromatic carbocycles. The first kappa shape index (κ1) is 13.2. The van der Waals surface area contributed by atoms with Gasteiger partial charge in [0.15, 0.2) is 0 Å². The lowest BCUT2D eigenvalue weighted by Gasteiger charge is -2.04. The number of rotatable bonds is 8. The zero-order valence-electron chi connectivity index (χ0n) is 8.14. The predicted octanol–water partition coefficient (Wildman–Crippen LogP) is 1.74. The SMILES string of the molecule is CCOCC(=O)NCCCCCI. The van der Waals surface area contributed by atoms with Crippen molar-refractivity contribution in [3.05, 3.63) is 0 Å². The van der Waals surface area contributed by atoms with Gasteiger partial charge in [-0.15, -0.1) is 0 Å². The molecule has 0 aromatic heterocycles. The summed E-state index contributed by atoms with van der Waals surface area (Å²) in [6.07, 6.45) is 3.50. The Hall–Kier alpha value is 0.160. The Morgan fingerprint density at radius 1 is 1.38 bits per heavy atom. The molecule has 3 nitrogen and oxygen atoms in total. The van der Waals surface area contributed by atoms with Crippen LogP contribution in [-0.2, 0) is 9.53 Å². The molecule has 0 aliphatic carbocycles. The van der Waals surface area contributed by atoms with Crippen LogP contribution in [0, 0.1) is 0 Å². The lowest BCUT2D eigenvalue weighted by atomic mass is 10.2. The summed E-state index contributed by atoms with van der Waals surface area (Å²) in [6.45, 7) is 3.46. The third-order valence-corrected chi connectivity index (χ3v) is 2.33. The Kier molecular flexibility index (Phi) is 10.4. The van der Waals surface area contributed by atoms with E-state index < -0.39 is 0 Å². The standard InChI is InChI=1S/C9H18INO2/c1-2-13-8-9(12)11-7-5-3-4-6-10/h2-8H2,1H3,(H,11,12). The molecule has 4 heteroatoms. The number of hydrogen-bond acceptors (Lipinski definition) is 2. The number of alkyl halides is 1. The molecule has 0 unspecified atom stereocenters. The van der Waals surface area contributed by atoms with E-state index >= 15 is 0 Å². The maximum Gasteiger partial charge on any atom is 0.245 e. The molecule has 0 saturated heterocycles. The minimum Gasteiger partial charge on any atom is -0.372 e. The summed E-state index contributed by atoms with van der Waals surface area (Å²) in [5, 5.41) is 2.81. The van der Waals surface area contributed by atoms with Crippen LogP contribution >= 0.6 is 22.6 Å². The highest BCUT2D eigenvalue weighted by Gasteiger charge is 1.98. The van der Waals surface area contributed by atoms with Crippen LogP contribution in [0.3, 0.4) is 0 Å². The number of carbonyl (C=O) groups is 1. The van der Waals surface area contributed by atoms with E-state index in [0.717, 1.165) is 13.0 Å². The molecule has 0 bridgehead atoms. The lowest BCUT2D eigenvalue weighted by Crippen LogP contribution is -2.28. The van der Waals surface area contributed by atoms with E-state index in [2.05, 4.69) is 27.9 Å². The molecular weight excluding hydrogens is 281 g/mol. The molecule has 0 atom stereocenters. The Balaban J connectivity index is 3.08. The van der Waals surface area contributed by atoms with Gasteiger partial charge in [-0.25, -0.2) is 0 Å². The van der Waals surface area contributed by atoms with Crippen molar-refractivity contribution in [1.82, 2.24) is 5.32 Å². The van der Waals surface area contributed by atoms with Gasteiger partial charge in [0, 0.05) is 13.2 Å². The van der Waals surface area contributed by atoms with Crippen LogP contribution < -0.4 is 5.32 Å². The zero-order chi connectivity index (χ0) is 9.94. The van der Waals surface area contributed by atoms with Gasteiger partial charge in [0.1, 0.15) is 6.61 Å². The second-order valence-corrected chi connectivity index (χ2v) is 3.82. The average Bonchev–Trinajstić information content (AvgIpc) is 2.14. The molecule has 0 radical (unpaired) electrons. The number of ether oxygens (including phenoxy) is 1. The zero-order valence-corrected chi connectivity index (χ0v) is 10.3. The third kappa shape index (κ3) is 10.1. The van der Waals surface area contributed by atoms with E-state index in [-0.39, 0.29) is 12.5 Å². The second kappa shape index (κ2) is 10.2. The van der Waals surface area contributed by atoms with Gasteiger partial charge in [0.05, 0.1) is 0 Å². The van der Waals surface area contributed by atoms with Crippen molar-refractivity contribution < 1.29 is 9.53 Å². The molecule has 0 aliphatic heterocycles. The number of hydrogen-bond donors (Lipinski definition) is 1. The quantitative estimate of drug-likeness (QED) is 0.421. The van der Waals surface area contributed by atoms with Crippen molar-refractivity contribution in [2.24, 2.45) is 0 Å². The number of amides is 1. The van der Waals surface area contributed by atoms with Crippen LogP contribution in [0.1, 0.15) is 26.2 Å². The average molecular weight is 299 g/mol. The molecule has 0 rings (SSSR count). The van der Waals surface area contributed by atoms with Crippen molar-refractivity contribution in [2.75, 3.05) is 24.2 Å². The fourth-order valence-electron chi connectivity index (χ4n) is 0.870. The number of nitrogens with one attached hydrogen (secondary N) is 1. The molecule has 1 N–H and O–H groups in total. The summed E-state index contributed by atoms with van der Waals surface area (Å²) < 4.78 is 6.16. The van der Waals surface area contributed by atoms with Gasteiger partial charge in [-0.05, 0) is 24.2 Å². The highest BCUT2D eigenvalue weighted by Crippen LogP contribution is 1.97. The third-order valence-electron chi connectivity index (χ3n) is 1.57. The number of halogens is 1. The van der Waals surface area contributed by atoms with E-state index in [1.807, 2.05) is 6.92 Å². The van der Waals surface area contributed by atoms with Crippen LogP contribution in [0.15, 0.2) is 0 Å². The van der Waals surface area contributed by atoms with Gasteiger partial charge in [-0.3, -0.25) is 4.79 Å². The Bertz CT molecular complexity index is 131. The highest BCUT2D eigenvalue weighted by molar-refractivity contribution is 14.1. The molecule has 0 fully saturated rings. The Morgan fingerprint density at radius 2 is 2.15 bits per heavy atom. The molecule has 0 aliphatic rings. The summed E-state index contributed by atoms with van der Waals surface area (Å²) >= 11 is 2.36.